The van der Waals surface area contributed by atoms with Gasteiger partial charge in [-0.25, -0.2) is 4.98 Å². The van der Waals surface area contributed by atoms with Crippen LogP contribution in [0.3, 0.4) is 0 Å². The third-order valence-corrected chi connectivity index (χ3v) is 2.55. The summed E-state index contributed by atoms with van der Waals surface area (Å²) in [6.07, 6.45) is 1.56. The molecule has 0 bridgehead atoms. The molecule has 94 valence electrons. The molecule has 3 N–H and O–H groups in total. The SMILES string of the molecule is CCc1nnc(NC(=O)C(C)CN)nc1CC. The second-order valence-electron chi connectivity index (χ2n) is 3.86. The largest absolute Gasteiger partial charge is 0.330 e. The van der Waals surface area contributed by atoms with Crippen LogP contribution in [-0.4, -0.2) is 27.6 Å². The van der Waals surface area contributed by atoms with Crippen LogP contribution >= 0.6 is 0 Å². The molecule has 0 aromatic carbocycles. The van der Waals surface area contributed by atoms with Gasteiger partial charge in [0.15, 0.2) is 0 Å². The number of hydrogen-bond acceptors (Lipinski definition) is 5. The van der Waals surface area contributed by atoms with E-state index in [1.54, 1.807) is 6.92 Å². The zero-order chi connectivity index (χ0) is 12.8. The fourth-order valence-electron chi connectivity index (χ4n) is 1.33. The van der Waals surface area contributed by atoms with Crippen LogP contribution in [-0.2, 0) is 17.6 Å². The van der Waals surface area contributed by atoms with Gasteiger partial charge in [-0.15, -0.1) is 10.2 Å². The Hall–Kier alpha value is -1.56. The standard InChI is InChI=1S/C11H19N5O/c1-4-8-9(5-2)15-16-11(13-8)14-10(17)7(3)6-12/h7H,4-6,12H2,1-3H3,(H,13,14,16,17). The first-order valence-corrected chi connectivity index (χ1v) is 5.85. The molecule has 0 saturated heterocycles. The summed E-state index contributed by atoms with van der Waals surface area (Å²) in [4.78, 5) is 15.9. The van der Waals surface area contributed by atoms with Gasteiger partial charge in [0.25, 0.3) is 0 Å². The zero-order valence-corrected chi connectivity index (χ0v) is 10.5. The summed E-state index contributed by atoms with van der Waals surface area (Å²) in [5.74, 6) is -0.181. The number of nitrogens with zero attached hydrogens (tertiary/aromatic N) is 3. The van der Waals surface area contributed by atoms with Crippen LogP contribution in [0.5, 0.6) is 0 Å². The fraction of sp³-hybridized carbons (Fsp3) is 0.636. The molecule has 1 aromatic heterocycles. The second-order valence-corrected chi connectivity index (χ2v) is 3.86. The van der Waals surface area contributed by atoms with E-state index < -0.39 is 0 Å². The number of aryl methyl sites for hydroxylation is 2. The maximum atomic E-state index is 11.6. The Kier molecular flexibility index (Phi) is 4.96. The van der Waals surface area contributed by atoms with Gasteiger partial charge in [0.2, 0.25) is 11.9 Å². The van der Waals surface area contributed by atoms with E-state index in [9.17, 15) is 4.79 Å². The van der Waals surface area contributed by atoms with E-state index in [2.05, 4.69) is 20.5 Å². The van der Waals surface area contributed by atoms with E-state index in [-0.39, 0.29) is 17.8 Å². The van der Waals surface area contributed by atoms with Crippen LogP contribution in [0, 0.1) is 5.92 Å². The molecule has 6 nitrogen and oxygen atoms in total. The van der Waals surface area contributed by atoms with Gasteiger partial charge >= 0.3 is 0 Å². The minimum absolute atomic E-state index is 0.180. The monoisotopic (exact) mass is 237 g/mol. The van der Waals surface area contributed by atoms with Gasteiger partial charge in [0, 0.05) is 12.5 Å². The van der Waals surface area contributed by atoms with Crippen LogP contribution in [0.1, 0.15) is 32.2 Å². The summed E-state index contributed by atoms with van der Waals surface area (Å²) in [6.45, 7) is 6.05. The van der Waals surface area contributed by atoms with E-state index in [4.69, 9.17) is 5.73 Å². The van der Waals surface area contributed by atoms with Crippen molar-refractivity contribution in [3.63, 3.8) is 0 Å². The topological polar surface area (TPSA) is 93.8 Å². The molecule has 0 aliphatic heterocycles. The highest BCUT2D eigenvalue weighted by molar-refractivity contribution is 5.90. The Morgan fingerprint density at radius 2 is 1.94 bits per heavy atom. The number of carbonyl (C=O) groups excluding carboxylic acids is 1. The van der Waals surface area contributed by atoms with Crippen molar-refractivity contribution >= 4 is 11.9 Å². The third-order valence-electron chi connectivity index (χ3n) is 2.55. The van der Waals surface area contributed by atoms with E-state index >= 15 is 0 Å². The van der Waals surface area contributed by atoms with Crippen molar-refractivity contribution < 1.29 is 4.79 Å². The molecule has 0 spiro atoms. The first-order valence-electron chi connectivity index (χ1n) is 5.85. The first-order chi connectivity index (χ1) is 8.12. The summed E-state index contributed by atoms with van der Waals surface area (Å²) >= 11 is 0. The van der Waals surface area contributed by atoms with Gasteiger partial charge in [-0.1, -0.05) is 20.8 Å². The van der Waals surface area contributed by atoms with Crippen LogP contribution in [0.4, 0.5) is 5.95 Å². The summed E-state index contributed by atoms with van der Waals surface area (Å²) in [5.41, 5.74) is 7.16. The first kappa shape index (κ1) is 13.5. The third kappa shape index (κ3) is 3.45. The van der Waals surface area contributed by atoms with Gasteiger partial charge < -0.3 is 5.73 Å². The summed E-state index contributed by atoms with van der Waals surface area (Å²) in [7, 11) is 0. The second kappa shape index (κ2) is 6.24. The highest BCUT2D eigenvalue weighted by atomic mass is 16.2. The van der Waals surface area contributed by atoms with Gasteiger partial charge in [0.1, 0.15) is 0 Å². The molecule has 6 heteroatoms. The Labute approximate surface area is 101 Å². The number of hydrogen-bond donors (Lipinski definition) is 2. The van der Waals surface area contributed by atoms with Gasteiger partial charge in [-0.2, -0.15) is 0 Å². The van der Waals surface area contributed by atoms with E-state index in [1.165, 1.54) is 0 Å². The number of rotatable bonds is 5. The Bertz CT molecular complexity index is 393. The van der Waals surface area contributed by atoms with Crippen molar-refractivity contribution in [1.82, 2.24) is 15.2 Å². The predicted octanol–water partition coefficient (Wildman–Crippen LogP) is 0.530. The van der Waals surface area contributed by atoms with Crippen LogP contribution in [0.25, 0.3) is 0 Å². The van der Waals surface area contributed by atoms with E-state index in [1.807, 2.05) is 13.8 Å². The predicted molar refractivity (Wildman–Crippen MR) is 65.4 cm³/mol. The highest BCUT2D eigenvalue weighted by Gasteiger charge is 2.13. The lowest BCUT2D eigenvalue weighted by atomic mass is 10.2. The van der Waals surface area contributed by atoms with Gasteiger partial charge in [-0.05, 0) is 12.8 Å². The molecule has 1 atom stereocenters. The lowest BCUT2D eigenvalue weighted by molar-refractivity contribution is -0.119. The molecule has 1 rings (SSSR count). The number of nitrogens with two attached hydrogens (primary N) is 1. The van der Waals surface area contributed by atoms with Gasteiger partial charge in [0.05, 0.1) is 11.4 Å². The summed E-state index contributed by atoms with van der Waals surface area (Å²) in [5, 5.41) is 10.5. The van der Waals surface area contributed by atoms with Crippen LogP contribution in [0.2, 0.25) is 0 Å². The molecule has 1 unspecified atom stereocenters. The fourth-order valence-corrected chi connectivity index (χ4v) is 1.33. The number of aromatic nitrogens is 3. The average molecular weight is 237 g/mol. The Balaban J connectivity index is 2.82. The molecule has 17 heavy (non-hydrogen) atoms. The Morgan fingerprint density at radius 1 is 1.29 bits per heavy atom. The lowest BCUT2D eigenvalue weighted by Gasteiger charge is -2.09. The minimum atomic E-state index is -0.255. The van der Waals surface area contributed by atoms with E-state index in [0.29, 0.717) is 6.54 Å². The molecule has 0 aliphatic rings. The van der Waals surface area contributed by atoms with Crippen molar-refractivity contribution in [2.45, 2.75) is 33.6 Å². The quantitative estimate of drug-likeness (QED) is 0.779. The summed E-state index contributed by atoms with van der Waals surface area (Å²) < 4.78 is 0. The van der Waals surface area contributed by atoms with Crippen LogP contribution in [0.15, 0.2) is 0 Å². The zero-order valence-electron chi connectivity index (χ0n) is 10.5. The van der Waals surface area contributed by atoms with Crippen molar-refractivity contribution in [2.75, 3.05) is 11.9 Å². The maximum absolute atomic E-state index is 11.6. The molecule has 0 saturated carbocycles. The molecular formula is C11H19N5O. The minimum Gasteiger partial charge on any atom is -0.330 e. The normalized spacial score (nSPS) is 12.2. The molecule has 1 aromatic rings. The van der Waals surface area contributed by atoms with E-state index in [0.717, 1.165) is 24.2 Å². The van der Waals surface area contributed by atoms with Crippen molar-refractivity contribution in [2.24, 2.45) is 11.7 Å². The maximum Gasteiger partial charge on any atom is 0.249 e. The van der Waals surface area contributed by atoms with Crippen molar-refractivity contribution in [1.29, 1.82) is 0 Å². The van der Waals surface area contributed by atoms with Crippen molar-refractivity contribution in [3.05, 3.63) is 11.4 Å². The molecule has 0 radical (unpaired) electrons. The van der Waals surface area contributed by atoms with Gasteiger partial charge in [-0.3, -0.25) is 10.1 Å². The molecule has 1 heterocycles. The Morgan fingerprint density at radius 3 is 2.47 bits per heavy atom. The highest BCUT2D eigenvalue weighted by Crippen LogP contribution is 2.07. The van der Waals surface area contributed by atoms with Crippen molar-refractivity contribution in [3.8, 4) is 0 Å². The molecule has 0 aliphatic carbocycles. The molecular weight excluding hydrogens is 218 g/mol. The lowest BCUT2D eigenvalue weighted by Crippen LogP contribution is -2.28. The molecule has 1 amide bonds. The average Bonchev–Trinajstić information content (AvgIpc) is 2.37. The number of amides is 1. The van der Waals surface area contributed by atoms with Crippen LogP contribution < -0.4 is 11.1 Å². The summed E-state index contributed by atoms with van der Waals surface area (Å²) in [6, 6.07) is 0. The smallest absolute Gasteiger partial charge is 0.249 e. The number of anilines is 1. The number of nitrogens with one attached hydrogen (secondary N) is 1. The number of carbonyl (C=O) groups is 1. The molecule has 0 fully saturated rings.